The Morgan fingerprint density at radius 3 is 2.56 bits per heavy atom. The van der Waals surface area contributed by atoms with E-state index in [2.05, 4.69) is 49.1 Å². The molecule has 7 heterocycles. The monoisotopic (exact) mass is 544 g/mol. The van der Waals surface area contributed by atoms with Crippen molar-refractivity contribution in [1.29, 1.82) is 0 Å². The molecule has 1 aromatic carbocycles. The average molecular weight is 545 g/mol. The van der Waals surface area contributed by atoms with Crippen LogP contribution in [0.3, 0.4) is 0 Å². The van der Waals surface area contributed by atoms with Gasteiger partial charge in [0.1, 0.15) is 11.6 Å². The van der Waals surface area contributed by atoms with E-state index in [1.165, 1.54) is 0 Å². The number of anilines is 1. The minimum atomic E-state index is -0.324. The van der Waals surface area contributed by atoms with E-state index in [1.807, 2.05) is 54.8 Å². The van der Waals surface area contributed by atoms with Crippen molar-refractivity contribution in [3.63, 3.8) is 0 Å². The molecule has 8 nitrogen and oxygen atoms in total. The van der Waals surface area contributed by atoms with Gasteiger partial charge in [0.15, 0.2) is 0 Å². The molecule has 2 unspecified atom stereocenters. The first-order valence-electron chi connectivity index (χ1n) is 13.7. The van der Waals surface area contributed by atoms with Crippen LogP contribution in [-0.4, -0.2) is 67.7 Å². The zero-order chi connectivity index (χ0) is 28.1. The summed E-state index contributed by atoms with van der Waals surface area (Å²) in [4.78, 5) is 14.0. The highest BCUT2D eigenvalue weighted by molar-refractivity contribution is 5.97. The number of aryl methyl sites for hydroxylation is 1. The van der Waals surface area contributed by atoms with Gasteiger partial charge in [-0.3, -0.25) is 14.6 Å². The number of rotatable bonds is 6. The molecule has 3 aliphatic rings. The van der Waals surface area contributed by atoms with E-state index in [0.29, 0.717) is 17.6 Å². The van der Waals surface area contributed by atoms with Gasteiger partial charge in [0, 0.05) is 98.4 Å². The predicted octanol–water partition coefficient (Wildman–Crippen LogP) is 4.43. The third kappa shape index (κ3) is 4.46. The van der Waals surface area contributed by atoms with Gasteiger partial charge in [-0.2, -0.15) is 10.2 Å². The van der Waals surface area contributed by atoms with Crippen molar-refractivity contribution in [1.82, 2.24) is 29.3 Å². The van der Waals surface area contributed by atoms with E-state index < -0.39 is 0 Å². The van der Waals surface area contributed by atoms with Crippen LogP contribution in [0.2, 0.25) is 0 Å². The molecule has 3 saturated heterocycles. The van der Waals surface area contributed by atoms with Gasteiger partial charge in [0.25, 0.3) is 0 Å². The maximum Gasteiger partial charge on any atom is 0.139 e. The van der Waals surface area contributed by atoms with E-state index in [4.69, 9.17) is 11.4 Å². The molecule has 0 saturated carbocycles. The lowest BCUT2D eigenvalue weighted by Gasteiger charge is -2.56. The first kappa shape index (κ1) is 25.2. The Kier molecular flexibility index (Phi) is 6.13. The second kappa shape index (κ2) is 9.98. The minimum Gasteiger partial charge on any atom is -0.353 e. The number of fused-ring (bicyclic) bond motifs is 3. The van der Waals surface area contributed by atoms with Crippen LogP contribution in [0.5, 0.6) is 0 Å². The summed E-state index contributed by atoms with van der Waals surface area (Å²) in [5.74, 6) is 3.04. The summed E-state index contributed by atoms with van der Waals surface area (Å²) in [6.07, 6.45) is 18.0. The third-order valence-electron chi connectivity index (χ3n) is 8.23. The molecule has 0 amide bonds. The normalized spacial score (nSPS) is 18.6. The molecule has 2 bridgehead atoms. The number of hydrogen-bond donors (Lipinski definition) is 0. The average Bonchev–Trinajstić information content (AvgIpc) is 3.62. The number of aliphatic imine (C=N–C) groups is 1. The van der Waals surface area contributed by atoms with Crippen molar-refractivity contribution in [2.75, 3.05) is 25.0 Å². The summed E-state index contributed by atoms with van der Waals surface area (Å²) in [7, 11) is 3.68. The molecule has 9 heteroatoms. The van der Waals surface area contributed by atoms with Gasteiger partial charge < -0.3 is 4.90 Å². The first-order valence-corrected chi connectivity index (χ1v) is 13.7. The van der Waals surface area contributed by atoms with Crippen LogP contribution < -0.4 is 4.90 Å². The van der Waals surface area contributed by atoms with Crippen LogP contribution in [0.1, 0.15) is 23.1 Å². The molecule has 2 atom stereocenters. The number of halogens is 1. The van der Waals surface area contributed by atoms with Crippen molar-refractivity contribution in [2.45, 2.75) is 25.0 Å². The number of piperidine rings is 1. The van der Waals surface area contributed by atoms with Crippen LogP contribution in [-0.2, 0) is 13.6 Å². The van der Waals surface area contributed by atoms with Crippen LogP contribution in [0.15, 0.2) is 72.4 Å². The number of piperazine rings is 1. The SMILES string of the molecule is C#Cc1ccc(CN2C3CC2CN(c2ccc(-c4cc(-c5cnn(C)c5)cn5ncc(C=NC)c45)cn2)C3)cc1F. The standard InChI is InChI=1S/C32H29FN8/c1-4-22-6-5-21(9-30(22)33)16-40-27-11-28(40)20-39(19-27)31-8-7-23(13-35-31)29-10-24(26-15-36-38(3)17-26)18-41-32(29)25(12-34-2)14-37-41/h1,5-10,12-15,17-18,27-28H,11,16,19-20H2,2-3H3. The molecule has 4 aromatic heterocycles. The zero-order valence-corrected chi connectivity index (χ0v) is 22.9. The van der Waals surface area contributed by atoms with Gasteiger partial charge in [-0.1, -0.05) is 12.0 Å². The second-order valence-corrected chi connectivity index (χ2v) is 10.8. The molecule has 5 aromatic rings. The molecule has 8 rings (SSSR count). The summed E-state index contributed by atoms with van der Waals surface area (Å²) < 4.78 is 17.9. The summed E-state index contributed by atoms with van der Waals surface area (Å²) in [6, 6.07) is 12.5. The highest BCUT2D eigenvalue weighted by atomic mass is 19.1. The summed E-state index contributed by atoms with van der Waals surface area (Å²) in [6.45, 7) is 2.53. The van der Waals surface area contributed by atoms with Gasteiger partial charge in [-0.25, -0.2) is 13.9 Å². The van der Waals surface area contributed by atoms with E-state index in [1.54, 1.807) is 23.9 Å². The lowest BCUT2D eigenvalue weighted by atomic mass is 9.86. The Morgan fingerprint density at radius 1 is 1.02 bits per heavy atom. The van der Waals surface area contributed by atoms with E-state index in [0.717, 1.165) is 70.8 Å². The number of pyridine rings is 2. The Morgan fingerprint density at radius 2 is 1.88 bits per heavy atom. The predicted molar refractivity (Wildman–Crippen MR) is 158 cm³/mol. The summed E-state index contributed by atoms with van der Waals surface area (Å²) in [5.41, 5.74) is 7.30. The van der Waals surface area contributed by atoms with Gasteiger partial charge in [0.05, 0.1) is 23.5 Å². The molecule has 0 radical (unpaired) electrons. The van der Waals surface area contributed by atoms with Crippen LogP contribution in [0, 0.1) is 18.2 Å². The maximum absolute atomic E-state index is 14.2. The van der Waals surface area contributed by atoms with Crippen molar-refractivity contribution in [3.8, 4) is 34.6 Å². The quantitative estimate of drug-likeness (QED) is 0.234. The molecule has 0 aliphatic carbocycles. The van der Waals surface area contributed by atoms with Gasteiger partial charge in [-0.05, 0) is 42.3 Å². The van der Waals surface area contributed by atoms with Gasteiger partial charge in [0.2, 0.25) is 0 Å². The second-order valence-electron chi connectivity index (χ2n) is 10.8. The summed E-state index contributed by atoms with van der Waals surface area (Å²) in [5, 5.41) is 8.95. The van der Waals surface area contributed by atoms with Gasteiger partial charge >= 0.3 is 0 Å². The lowest BCUT2D eigenvalue weighted by molar-refractivity contribution is -0.00874. The molecule has 3 aliphatic heterocycles. The minimum absolute atomic E-state index is 0.311. The van der Waals surface area contributed by atoms with Crippen LogP contribution >= 0.6 is 0 Å². The summed E-state index contributed by atoms with van der Waals surface area (Å²) >= 11 is 0. The Hall–Kier alpha value is -4.81. The first-order chi connectivity index (χ1) is 20.0. The highest BCUT2D eigenvalue weighted by Crippen LogP contribution is 2.37. The van der Waals surface area contributed by atoms with Crippen molar-refractivity contribution in [2.24, 2.45) is 12.0 Å². The maximum atomic E-state index is 14.2. The highest BCUT2D eigenvalue weighted by Gasteiger charge is 2.44. The molecule has 0 N–H and O–H groups in total. The molecular weight excluding hydrogens is 515 g/mol. The molecule has 3 fully saturated rings. The fraction of sp³-hybridized carbons (Fsp3) is 0.250. The largest absolute Gasteiger partial charge is 0.353 e. The Labute approximate surface area is 237 Å². The van der Waals surface area contributed by atoms with Crippen LogP contribution in [0.25, 0.3) is 27.8 Å². The Balaban J connectivity index is 1.13. The smallest absolute Gasteiger partial charge is 0.139 e. The van der Waals surface area contributed by atoms with Crippen molar-refractivity contribution >= 4 is 17.5 Å². The molecule has 41 heavy (non-hydrogen) atoms. The zero-order valence-electron chi connectivity index (χ0n) is 22.9. The third-order valence-corrected chi connectivity index (χ3v) is 8.23. The number of nitrogens with zero attached hydrogens (tertiary/aromatic N) is 8. The van der Waals surface area contributed by atoms with E-state index in [9.17, 15) is 4.39 Å². The van der Waals surface area contributed by atoms with E-state index in [-0.39, 0.29) is 5.82 Å². The molecule has 0 spiro atoms. The number of benzene rings is 1. The molecular formula is C32H29FN8. The molecule has 204 valence electrons. The van der Waals surface area contributed by atoms with Crippen molar-refractivity contribution < 1.29 is 4.39 Å². The number of hydrogen-bond acceptors (Lipinski definition) is 6. The Bertz CT molecular complexity index is 1820. The number of terminal acetylenes is 1. The topological polar surface area (TPSA) is 66.8 Å². The van der Waals surface area contributed by atoms with Crippen LogP contribution in [0.4, 0.5) is 10.2 Å². The van der Waals surface area contributed by atoms with E-state index >= 15 is 0 Å². The fourth-order valence-corrected chi connectivity index (χ4v) is 6.18. The van der Waals surface area contributed by atoms with Gasteiger partial charge in [-0.15, -0.1) is 6.42 Å². The number of aromatic nitrogens is 5. The fourth-order valence-electron chi connectivity index (χ4n) is 6.18. The lowest BCUT2D eigenvalue weighted by Crippen LogP contribution is -2.68. The van der Waals surface area contributed by atoms with Crippen molar-refractivity contribution in [3.05, 3.63) is 89.9 Å².